The number of carbonyl (C=O) groups is 2. The van der Waals surface area contributed by atoms with Crippen LogP contribution in [0.3, 0.4) is 0 Å². The Hall–Kier alpha value is -3.97. The van der Waals surface area contributed by atoms with E-state index in [1.54, 1.807) is 57.8 Å². The van der Waals surface area contributed by atoms with Crippen LogP contribution in [0.5, 0.6) is 0 Å². The van der Waals surface area contributed by atoms with E-state index in [1.807, 2.05) is 6.07 Å². The Morgan fingerprint density at radius 3 is 2.61 bits per heavy atom. The van der Waals surface area contributed by atoms with Gasteiger partial charge in [-0.2, -0.15) is 0 Å². The summed E-state index contributed by atoms with van der Waals surface area (Å²) in [5.41, 5.74) is 0.217. The van der Waals surface area contributed by atoms with Crippen LogP contribution >= 0.6 is 0 Å². The van der Waals surface area contributed by atoms with E-state index in [2.05, 4.69) is 20.7 Å². The van der Waals surface area contributed by atoms with Gasteiger partial charge in [0.25, 0.3) is 11.5 Å². The van der Waals surface area contributed by atoms with Crippen LogP contribution in [-0.2, 0) is 14.2 Å². The standard InChI is InChI=1S/C28H35N7O6/c1-28(2,3)41-27(38)33(4)19-11-22(30-18-7-6-10-34(26(18)37)23-15-13-40-14-16(15)23)32-35-20(12-29-24(19)35)25(36)31-17-8-9-21(17)39-5/h6-7,10-12,15-17,21,23H,8-9,13-14H2,1-5H3,(H,30,32)(H,31,36)/t15-,16+,17-,21-,23+/m0/s1. The van der Waals surface area contributed by atoms with Crippen LogP contribution in [0.1, 0.15) is 50.1 Å². The maximum absolute atomic E-state index is 13.4. The zero-order chi connectivity index (χ0) is 29.1. The predicted molar refractivity (Wildman–Crippen MR) is 150 cm³/mol. The van der Waals surface area contributed by atoms with E-state index in [4.69, 9.17) is 14.2 Å². The van der Waals surface area contributed by atoms with Crippen LogP contribution in [-0.4, -0.2) is 76.3 Å². The zero-order valence-electron chi connectivity index (χ0n) is 23.8. The first-order valence-electron chi connectivity index (χ1n) is 13.8. The molecule has 13 heteroatoms. The van der Waals surface area contributed by atoms with Crippen molar-refractivity contribution in [2.45, 2.75) is 57.4 Å². The minimum Gasteiger partial charge on any atom is -0.443 e. The summed E-state index contributed by atoms with van der Waals surface area (Å²) in [6.07, 6.45) is 4.24. The highest BCUT2D eigenvalue weighted by atomic mass is 16.6. The van der Waals surface area contributed by atoms with Crippen molar-refractivity contribution in [1.29, 1.82) is 0 Å². The molecule has 3 aliphatic rings. The van der Waals surface area contributed by atoms with Crippen molar-refractivity contribution < 1.29 is 23.8 Å². The van der Waals surface area contributed by atoms with E-state index in [0.717, 1.165) is 12.8 Å². The van der Waals surface area contributed by atoms with E-state index in [0.29, 0.717) is 36.4 Å². The molecule has 3 fully saturated rings. The molecule has 13 nitrogen and oxygen atoms in total. The summed E-state index contributed by atoms with van der Waals surface area (Å²) in [6, 6.07) is 5.11. The van der Waals surface area contributed by atoms with Gasteiger partial charge in [0.05, 0.1) is 37.2 Å². The summed E-state index contributed by atoms with van der Waals surface area (Å²) in [5.74, 6) is 0.589. The fraction of sp³-hybridized carbons (Fsp3) is 0.536. The van der Waals surface area contributed by atoms with Crippen LogP contribution in [0.25, 0.3) is 5.65 Å². The molecule has 0 radical (unpaired) electrons. The molecule has 41 heavy (non-hydrogen) atoms. The van der Waals surface area contributed by atoms with E-state index in [1.165, 1.54) is 15.6 Å². The average Bonchev–Trinajstić information content (AvgIpc) is 3.21. The number of imidazole rings is 1. The molecule has 0 unspecified atom stereocenters. The number of pyridine rings is 1. The van der Waals surface area contributed by atoms with Gasteiger partial charge in [-0.25, -0.2) is 14.3 Å². The van der Waals surface area contributed by atoms with Gasteiger partial charge in [0, 0.05) is 44.3 Å². The monoisotopic (exact) mass is 565 g/mol. The zero-order valence-corrected chi connectivity index (χ0v) is 23.8. The van der Waals surface area contributed by atoms with Gasteiger partial charge >= 0.3 is 6.09 Å². The van der Waals surface area contributed by atoms with Crippen LogP contribution < -0.4 is 21.1 Å². The molecule has 0 bridgehead atoms. The minimum absolute atomic E-state index is 0.0463. The number of methoxy groups -OCH3 is 1. The molecular weight excluding hydrogens is 530 g/mol. The molecule has 6 rings (SSSR count). The summed E-state index contributed by atoms with van der Waals surface area (Å²) in [6.45, 7) is 6.66. The Morgan fingerprint density at radius 1 is 1.20 bits per heavy atom. The Balaban J connectivity index is 1.36. The lowest BCUT2D eigenvalue weighted by atomic mass is 9.89. The molecule has 2 amide bonds. The fourth-order valence-corrected chi connectivity index (χ4v) is 5.60. The SMILES string of the molecule is CO[C@H]1CC[C@@H]1NC(=O)c1cnc2c(N(C)C(=O)OC(C)(C)C)cc(Nc3cccn([C@H]4[C@@H]5COC[C@@H]54)c3=O)nn12. The van der Waals surface area contributed by atoms with Gasteiger partial charge in [-0.05, 0) is 45.7 Å². The van der Waals surface area contributed by atoms with E-state index in [-0.39, 0.29) is 46.8 Å². The number of anilines is 3. The summed E-state index contributed by atoms with van der Waals surface area (Å²) in [5, 5.41) is 10.7. The molecule has 1 saturated heterocycles. The number of nitrogens with zero attached hydrogens (tertiary/aromatic N) is 5. The highest BCUT2D eigenvalue weighted by molar-refractivity contribution is 5.96. The lowest BCUT2D eigenvalue weighted by Gasteiger charge is -2.35. The maximum Gasteiger partial charge on any atom is 0.414 e. The number of nitrogens with one attached hydrogen (secondary N) is 2. The molecule has 2 N–H and O–H groups in total. The first-order chi connectivity index (χ1) is 19.6. The first kappa shape index (κ1) is 27.2. The van der Waals surface area contributed by atoms with Gasteiger partial charge < -0.3 is 29.4 Å². The Morgan fingerprint density at radius 2 is 1.95 bits per heavy atom. The van der Waals surface area contributed by atoms with Crippen molar-refractivity contribution in [1.82, 2.24) is 24.5 Å². The van der Waals surface area contributed by atoms with Gasteiger partial charge in [0.2, 0.25) is 0 Å². The number of hydrogen-bond acceptors (Lipinski definition) is 9. The molecule has 5 atom stereocenters. The second-order valence-corrected chi connectivity index (χ2v) is 11.9. The van der Waals surface area contributed by atoms with Gasteiger partial charge in [-0.15, -0.1) is 5.10 Å². The van der Waals surface area contributed by atoms with Crippen molar-refractivity contribution in [3.05, 3.63) is 46.6 Å². The highest BCUT2D eigenvalue weighted by Gasteiger charge is 2.55. The molecule has 0 aromatic carbocycles. The number of hydrogen-bond donors (Lipinski definition) is 2. The van der Waals surface area contributed by atoms with Crippen LogP contribution in [0, 0.1) is 11.8 Å². The number of carbonyl (C=O) groups excluding carboxylic acids is 2. The normalized spacial score (nSPS) is 24.9. The Bertz CT molecular complexity index is 1550. The molecule has 218 valence electrons. The van der Waals surface area contributed by atoms with Gasteiger partial charge in [-0.1, -0.05) is 0 Å². The topological polar surface area (TPSA) is 141 Å². The smallest absolute Gasteiger partial charge is 0.414 e. The van der Waals surface area contributed by atoms with Gasteiger partial charge in [-0.3, -0.25) is 14.5 Å². The number of fused-ring (bicyclic) bond motifs is 2. The summed E-state index contributed by atoms with van der Waals surface area (Å²) in [7, 11) is 3.18. The van der Waals surface area contributed by atoms with Gasteiger partial charge in [0.15, 0.2) is 17.2 Å². The second-order valence-electron chi connectivity index (χ2n) is 11.9. The molecular formula is C28H35N7O6. The lowest BCUT2D eigenvalue weighted by Crippen LogP contribution is -2.51. The second kappa shape index (κ2) is 10.1. The lowest BCUT2D eigenvalue weighted by molar-refractivity contribution is 0.00718. The Labute approximate surface area is 236 Å². The van der Waals surface area contributed by atoms with E-state index >= 15 is 0 Å². The fourth-order valence-electron chi connectivity index (χ4n) is 5.60. The van der Waals surface area contributed by atoms with Crippen LogP contribution in [0.15, 0.2) is 35.4 Å². The predicted octanol–water partition coefficient (Wildman–Crippen LogP) is 2.73. The first-order valence-corrected chi connectivity index (χ1v) is 13.8. The summed E-state index contributed by atoms with van der Waals surface area (Å²) < 4.78 is 19.6. The molecule has 4 heterocycles. The largest absolute Gasteiger partial charge is 0.443 e. The number of rotatable bonds is 7. The van der Waals surface area contributed by atoms with E-state index in [9.17, 15) is 14.4 Å². The third-order valence-corrected chi connectivity index (χ3v) is 8.01. The highest BCUT2D eigenvalue weighted by Crippen LogP contribution is 2.53. The van der Waals surface area contributed by atoms with Crippen molar-refractivity contribution >= 4 is 34.8 Å². The number of ether oxygens (including phenoxy) is 3. The third kappa shape index (κ3) is 5.04. The Kier molecular flexibility index (Phi) is 6.73. The summed E-state index contributed by atoms with van der Waals surface area (Å²) in [4.78, 5) is 45.5. The molecule has 0 spiro atoms. The van der Waals surface area contributed by atoms with E-state index < -0.39 is 11.7 Å². The molecule has 3 aromatic heterocycles. The average molecular weight is 566 g/mol. The maximum atomic E-state index is 13.4. The van der Waals surface area contributed by atoms with Crippen molar-refractivity contribution in [3.63, 3.8) is 0 Å². The van der Waals surface area contributed by atoms with Crippen molar-refractivity contribution in [2.75, 3.05) is 37.6 Å². The third-order valence-electron chi connectivity index (χ3n) is 8.01. The number of amides is 2. The van der Waals surface area contributed by atoms with Crippen molar-refractivity contribution in [2.24, 2.45) is 11.8 Å². The molecule has 3 aromatic rings. The van der Waals surface area contributed by atoms with Crippen LogP contribution in [0.4, 0.5) is 22.0 Å². The minimum atomic E-state index is -0.724. The molecule has 2 aliphatic carbocycles. The van der Waals surface area contributed by atoms with Gasteiger partial charge in [0.1, 0.15) is 11.3 Å². The van der Waals surface area contributed by atoms with Crippen LogP contribution in [0.2, 0.25) is 0 Å². The molecule has 2 saturated carbocycles. The summed E-state index contributed by atoms with van der Waals surface area (Å²) >= 11 is 0. The van der Waals surface area contributed by atoms with Crippen molar-refractivity contribution in [3.8, 4) is 0 Å². The molecule has 1 aliphatic heterocycles. The number of aromatic nitrogens is 4. The quantitative estimate of drug-likeness (QED) is 0.442.